The molecule has 19 heavy (non-hydrogen) atoms. The van der Waals surface area contributed by atoms with Crippen LogP contribution in [0.15, 0.2) is 48.5 Å². The summed E-state index contributed by atoms with van der Waals surface area (Å²) < 4.78 is 37.3. The summed E-state index contributed by atoms with van der Waals surface area (Å²) in [5.41, 5.74) is 1.95. The number of benzene rings is 2. The summed E-state index contributed by atoms with van der Waals surface area (Å²) in [4.78, 5) is 0. The van der Waals surface area contributed by atoms with Gasteiger partial charge in [-0.1, -0.05) is 36.4 Å². The Morgan fingerprint density at radius 1 is 0.789 bits per heavy atom. The fourth-order valence-electron chi connectivity index (χ4n) is 1.84. The zero-order chi connectivity index (χ0) is 13.9. The van der Waals surface area contributed by atoms with Crippen molar-refractivity contribution < 1.29 is 18.3 Å². The molecule has 0 saturated heterocycles. The molecule has 0 aliphatic carbocycles. The third-order valence-electron chi connectivity index (χ3n) is 2.90. The van der Waals surface area contributed by atoms with Gasteiger partial charge in [-0.3, -0.25) is 0 Å². The van der Waals surface area contributed by atoms with Crippen LogP contribution in [0, 0.1) is 0 Å². The maximum atomic E-state index is 12.4. The Balaban J connectivity index is 2.22. The summed E-state index contributed by atoms with van der Waals surface area (Å²) in [7, 11) is 0. The SMILES string of the molecule is OCCc1ccc(-c2ccc(C(F)(F)F)cc2)cc1. The molecule has 0 bridgehead atoms. The van der Waals surface area contributed by atoms with Crippen LogP contribution in [0.2, 0.25) is 0 Å². The molecule has 0 atom stereocenters. The molecule has 0 aliphatic heterocycles. The minimum absolute atomic E-state index is 0.0830. The van der Waals surface area contributed by atoms with Gasteiger partial charge in [-0.15, -0.1) is 0 Å². The van der Waals surface area contributed by atoms with Crippen LogP contribution in [-0.4, -0.2) is 11.7 Å². The first kappa shape index (κ1) is 13.6. The Labute approximate surface area is 109 Å². The van der Waals surface area contributed by atoms with E-state index < -0.39 is 11.7 Å². The van der Waals surface area contributed by atoms with E-state index in [1.54, 1.807) is 0 Å². The summed E-state index contributed by atoms with van der Waals surface area (Å²) in [5, 5.41) is 8.81. The highest BCUT2D eigenvalue weighted by molar-refractivity contribution is 5.64. The molecule has 100 valence electrons. The van der Waals surface area contributed by atoms with Crippen molar-refractivity contribution in [1.29, 1.82) is 0 Å². The second-order valence-corrected chi connectivity index (χ2v) is 4.25. The number of hydrogen-bond acceptors (Lipinski definition) is 1. The second-order valence-electron chi connectivity index (χ2n) is 4.25. The molecule has 0 radical (unpaired) electrons. The summed E-state index contributed by atoms with van der Waals surface area (Å²) in [6.45, 7) is 0.0830. The van der Waals surface area contributed by atoms with Crippen LogP contribution in [0.4, 0.5) is 13.2 Å². The number of hydrogen-bond donors (Lipinski definition) is 1. The van der Waals surface area contributed by atoms with Gasteiger partial charge in [-0.2, -0.15) is 13.2 Å². The van der Waals surface area contributed by atoms with E-state index in [1.165, 1.54) is 12.1 Å². The lowest BCUT2D eigenvalue weighted by Crippen LogP contribution is -2.03. The van der Waals surface area contributed by atoms with Crippen molar-refractivity contribution >= 4 is 0 Å². The van der Waals surface area contributed by atoms with Gasteiger partial charge in [0.15, 0.2) is 0 Å². The predicted octanol–water partition coefficient (Wildman–Crippen LogP) is 3.91. The van der Waals surface area contributed by atoms with Crippen molar-refractivity contribution in [2.75, 3.05) is 6.61 Å². The lowest BCUT2D eigenvalue weighted by Gasteiger charge is -2.08. The maximum Gasteiger partial charge on any atom is 0.416 e. The topological polar surface area (TPSA) is 20.2 Å². The van der Waals surface area contributed by atoms with E-state index in [4.69, 9.17) is 5.11 Å². The van der Waals surface area contributed by atoms with Crippen LogP contribution in [-0.2, 0) is 12.6 Å². The van der Waals surface area contributed by atoms with E-state index in [0.717, 1.165) is 28.8 Å². The highest BCUT2D eigenvalue weighted by Gasteiger charge is 2.29. The fourth-order valence-corrected chi connectivity index (χ4v) is 1.84. The molecular weight excluding hydrogens is 253 g/mol. The summed E-state index contributed by atoms with van der Waals surface area (Å²) in [6.07, 6.45) is -3.73. The minimum Gasteiger partial charge on any atom is -0.396 e. The van der Waals surface area contributed by atoms with E-state index in [1.807, 2.05) is 24.3 Å². The van der Waals surface area contributed by atoms with Gasteiger partial charge in [-0.05, 0) is 35.2 Å². The smallest absolute Gasteiger partial charge is 0.396 e. The highest BCUT2D eigenvalue weighted by Crippen LogP contribution is 2.30. The molecule has 0 amide bonds. The van der Waals surface area contributed by atoms with Gasteiger partial charge in [0.1, 0.15) is 0 Å². The molecule has 0 saturated carbocycles. The van der Waals surface area contributed by atoms with Crippen LogP contribution >= 0.6 is 0 Å². The second kappa shape index (κ2) is 5.45. The van der Waals surface area contributed by atoms with Crippen molar-refractivity contribution in [2.45, 2.75) is 12.6 Å². The Kier molecular flexibility index (Phi) is 3.90. The van der Waals surface area contributed by atoms with E-state index in [9.17, 15) is 13.2 Å². The van der Waals surface area contributed by atoms with Gasteiger partial charge in [0.2, 0.25) is 0 Å². The molecule has 1 nitrogen and oxygen atoms in total. The third-order valence-corrected chi connectivity index (χ3v) is 2.90. The van der Waals surface area contributed by atoms with Gasteiger partial charge < -0.3 is 5.11 Å². The van der Waals surface area contributed by atoms with E-state index in [2.05, 4.69) is 0 Å². The van der Waals surface area contributed by atoms with Crippen LogP contribution in [0.1, 0.15) is 11.1 Å². The lowest BCUT2D eigenvalue weighted by molar-refractivity contribution is -0.137. The number of aliphatic hydroxyl groups is 1. The molecule has 2 aromatic carbocycles. The van der Waals surface area contributed by atoms with Gasteiger partial charge in [0.25, 0.3) is 0 Å². The van der Waals surface area contributed by atoms with Gasteiger partial charge >= 0.3 is 6.18 Å². The molecule has 0 aliphatic rings. The standard InChI is InChI=1S/C15H13F3O/c16-15(17,18)14-7-5-13(6-8-14)12-3-1-11(2-4-12)9-10-19/h1-8,19H,9-10H2. The molecule has 0 spiro atoms. The highest BCUT2D eigenvalue weighted by atomic mass is 19.4. The van der Waals surface area contributed by atoms with Crippen molar-refractivity contribution in [2.24, 2.45) is 0 Å². The Morgan fingerprint density at radius 3 is 1.68 bits per heavy atom. The Hall–Kier alpha value is -1.81. The maximum absolute atomic E-state index is 12.4. The summed E-state index contributed by atoms with van der Waals surface area (Å²) >= 11 is 0. The molecule has 0 aromatic heterocycles. The average Bonchev–Trinajstić information content (AvgIpc) is 2.39. The molecule has 2 rings (SSSR count). The van der Waals surface area contributed by atoms with Crippen molar-refractivity contribution in [3.05, 3.63) is 59.7 Å². The third kappa shape index (κ3) is 3.35. The van der Waals surface area contributed by atoms with E-state index >= 15 is 0 Å². The van der Waals surface area contributed by atoms with Gasteiger partial charge in [0, 0.05) is 6.61 Å². The number of alkyl halides is 3. The Bertz CT molecular complexity index is 527. The van der Waals surface area contributed by atoms with Crippen molar-refractivity contribution in [3.63, 3.8) is 0 Å². The lowest BCUT2D eigenvalue weighted by atomic mass is 10.0. The van der Waals surface area contributed by atoms with E-state index in [-0.39, 0.29) is 6.61 Å². The van der Waals surface area contributed by atoms with Crippen LogP contribution in [0.25, 0.3) is 11.1 Å². The molecular formula is C15H13F3O. The first-order valence-corrected chi connectivity index (χ1v) is 5.88. The van der Waals surface area contributed by atoms with Crippen LogP contribution < -0.4 is 0 Å². The molecule has 0 heterocycles. The largest absolute Gasteiger partial charge is 0.416 e. The van der Waals surface area contributed by atoms with Gasteiger partial charge in [-0.25, -0.2) is 0 Å². The average molecular weight is 266 g/mol. The quantitative estimate of drug-likeness (QED) is 0.893. The summed E-state index contributed by atoms with van der Waals surface area (Å²) in [5.74, 6) is 0. The van der Waals surface area contributed by atoms with Crippen molar-refractivity contribution in [3.8, 4) is 11.1 Å². The molecule has 4 heteroatoms. The molecule has 0 unspecified atom stereocenters. The molecule has 1 N–H and O–H groups in total. The normalized spacial score (nSPS) is 11.6. The number of rotatable bonds is 3. The number of halogens is 3. The molecule has 0 fully saturated rings. The Morgan fingerprint density at radius 2 is 1.26 bits per heavy atom. The molecule has 2 aromatic rings. The zero-order valence-corrected chi connectivity index (χ0v) is 10.1. The minimum atomic E-state index is -4.30. The first-order valence-electron chi connectivity index (χ1n) is 5.88. The summed E-state index contributed by atoms with van der Waals surface area (Å²) in [6, 6.07) is 12.5. The van der Waals surface area contributed by atoms with Crippen molar-refractivity contribution in [1.82, 2.24) is 0 Å². The van der Waals surface area contributed by atoms with Crippen LogP contribution in [0.5, 0.6) is 0 Å². The fraction of sp³-hybridized carbons (Fsp3) is 0.200. The van der Waals surface area contributed by atoms with Gasteiger partial charge in [0.05, 0.1) is 5.56 Å². The predicted molar refractivity (Wildman–Crippen MR) is 67.7 cm³/mol. The zero-order valence-electron chi connectivity index (χ0n) is 10.1. The first-order chi connectivity index (χ1) is 9.00. The van der Waals surface area contributed by atoms with Crippen LogP contribution in [0.3, 0.4) is 0 Å². The number of aliphatic hydroxyl groups excluding tert-OH is 1. The van der Waals surface area contributed by atoms with E-state index in [0.29, 0.717) is 6.42 Å². The monoisotopic (exact) mass is 266 g/mol.